The summed E-state index contributed by atoms with van der Waals surface area (Å²) in [5.74, 6) is 0.924. The van der Waals surface area contributed by atoms with Crippen LogP contribution in [0.1, 0.15) is 32.3 Å². The molecular weight excluding hydrogens is 196 g/mol. The standard InChI is InChI=1S/C15H20O/c1-3-13(2)15(11-12-16)10-9-14-7-5-4-6-8-14/h4-10,12-13,15H,3,11H2,1-2H3/b10-9+. The van der Waals surface area contributed by atoms with Crippen LogP contribution in [0.5, 0.6) is 0 Å². The first-order valence-electron chi connectivity index (χ1n) is 5.94. The van der Waals surface area contributed by atoms with Gasteiger partial charge >= 0.3 is 0 Å². The molecule has 0 aromatic heterocycles. The fourth-order valence-corrected chi connectivity index (χ4v) is 1.71. The predicted molar refractivity (Wildman–Crippen MR) is 69.1 cm³/mol. The zero-order chi connectivity index (χ0) is 11.8. The minimum atomic E-state index is 0.364. The molecular formula is C15H20O. The van der Waals surface area contributed by atoms with Crippen LogP contribution in [-0.2, 0) is 4.79 Å². The lowest BCUT2D eigenvalue weighted by molar-refractivity contribution is -0.108. The Balaban J connectivity index is 2.67. The third-order valence-corrected chi connectivity index (χ3v) is 3.08. The maximum Gasteiger partial charge on any atom is 0.120 e. The molecule has 1 aromatic carbocycles. The quantitative estimate of drug-likeness (QED) is 0.658. The van der Waals surface area contributed by atoms with Gasteiger partial charge in [0.1, 0.15) is 6.29 Å². The largest absolute Gasteiger partial charge is 0.303 e. The van der Waals surface area contributed by atoms with E-state index in [9.17, 15) is 4.79 Å². The number of aldehydes is 1. The summed E-state index contributed by atoms with van der Waals surface area (Å²) in [5.41, 5.74) is 1.20. The van der Waals surface area contributed by atoms with Gasteiger partial charge in [-0.1, -0.05) is 62.8 Å². The van der Waals surface area contributed by atoms with Crippen molar-refractivity contribution in [3.05, 3.63) is 42.0 Å². The Morgan fingerprint density at radius 3 is 2.50 bits per heavy atom. The minimum absolute atomic E-state index is 0.364. The molecule has 0 amide bonds. The summed E-state index contributed by atoms with van der Waals surface area (Å²) in [6.07, 6.45) is 7.03. The topological polar surface area (TPSA) is 17.1 Å². The molecule has 0 heterocycles. The third-order valence-electron chi connectivity index (χ3n) is 3.08. The van der Waals surface area contributed by atoms with Gasteiger partial charge in [-0.2, -0.15) is 0 Å². The van der Waals surface area contributed by atoms with Crippen molar-refractivity contribution in [3.63, 3.8) is 0 Å². The van der Waals surface area contributed by atoms with Gasteiger partial charge in [0, 0.05) is 6.42 Å². The predicted octanol–water partition coefficient (Wildman–Crippen LogP) is 3.95. The molecule has 1 aromatic rings. The Morgan fingerprint density at radius 2 is 1.94 bits per heavy atom. The normalized spacial score (nSPS) is 14.9. The van der Waals surface area contributed by atoms with Crippen molar-refractivity contribution in [3.8, 4) is 0 Å². The monoisotopic (exact) mass is 216 g/mol. The summed E-state index contributed by atoms with van der Waals surface area (Å²) in [5, 5.41) is 0. The van der Waals surface area contributed by atoms with Crippen molar-refractivity contribution in [1.29, 1.82) is 0 Å². The molecule has 0 aliphatic carbocycles. The first-order valence-corrected chi connectivity index (χ1v) is 5.94. The highest BCUT2D eigenvalue weighted by molar-refractivity contribution is 5.53. The molecule has 1 nitrogen and oxygen atoms in total. The SMILES string of the molecule is CCC(C)C(/C=C/c1ccccc1)CC=O. The summed E-state index contributed by atoms with van der Waals surface area (Å²) < 4.78 is 0. The lowest BCUT2D eigenvalue weighted by atomic mass is 9.89. The van der Waals surface area contributed by atoms with E-state index in [1.54, 1.807) is 0 Å². The highest BCUT2D eigenvalue weighted by Gasteiger charge is 2.11. The van der Waals surface area contributed by atoms with Gasteiger partial charge in [-0.25, -0.2) is 0 Å². The van der Waals surface area contributed by atoms with E-state index in [0.29, 0.717) is 18.3 Å². The van der Waals surface area contributed by atoms with Gasteiger partial charge in [-0.15, -0.1) is 0 Å². The van der Waals surface area contributed by atoms with Crippen LogP contribution in [0.4, 0.5) is 0 Å². The summed E-state index contributed by atoms with van der Waals surface area (Å²) in [7, 11) is 0. The summed E-state index contributed by atoms with van der Waals surface area (Å²) >= 11 is 0. The van der Waals surface area contributed by atoms with Gasteiger partial charge in [0.05, 0.1) is 0 Å². The summed E-state index contributed by atoms with van der Waals surface area (Å²) in [6, 6.07) is 10.2. The highest BCUT2D eigenvalue weighted by atomic mass is 16.1. The molecule has 2 unspecified atom stereocenters. The van der Waals surface area contributed by atoms with E-state index < -0.39 is 0 Å². The van der Waals surface area contributed by atoms with Crippen molar-refractivity contribution in [2.45, 2.75) is 26.7 Å². The van der Waals surface area contributed by atoms with E-state index in [4.69, 9.17) is 0 Å². The molecule has 2 atom stereocenters. The molecule has 0 aliphatic rings. The lowest BCUT2D eigenvalue weighted by Crippen LogP contribution is -2.08. The van der Waals surface area contributed by atoms with E-state index in [2.05, 4.69) is 38.1 Å². The Morgan fingerprint density at radius 1 is 1.25 bits per heavy atom. The third kappa shape index (κ3) is 4.01. The fraction of sp³-hybridized carbons (Fsp3) is 0.400. The number of hydrogen-bond donors (Lipinski definition) is 0. The number of benzene rings is 1. The minimum Gasteiger partial charge on any atom is -0.303 e. The van der Waals surface area contributed by atoms with Crippen LogP contribution in [0, 0.1) is 11.8 Å². The molecule has 1 rings (SSSR count). The average molecular weight is 216 g/mol. The van der Waals surface area contributed by atoms with Gasteiger partial charge in [0.2, 0.25) is 0 Å². The van der Waals surface area contributed by atoms with Crippen molar-refractivity contribution in [2.75, 3.05) is 0 Å². The number of carbonyl (C=O) groups is 1. The first kappa shape index (κ1) is 12.7. The van der Waals surface area contributed by atoms with Crippen LogP contribution in [0.3, 0.4) is 0 Å². The second kappa shape index (κ2) is 7.00. The second-order valence-corrected chi connectivity index (χ2v) is 4.22. The Labute approximate surface area is 98.2 Å². The number of hydrogen-bond acceptors (Lipinski definition) is 1. The Hall–Kier alpha value is -1.37. The van der Waals surface area contributed by atoms with E-state index in [-0.39, 0.29) is 0 Å². The molecule has 0 spiro atoms. The van der Waals surface area contributed by atoms with Crippen molar-refractivity contribution in [1.82, 2.24) is 0 Å². The van der Waals surface area contributed by atoms with Crippen LogP contribution in [-0.4, -0.2) is 6.29 Å². The van der Waals surface area contributed by atoms with Crippen molar-refractivity contribution in [2.24, 2.45) is 11.8 Å². The van der Waals surface area contributed by atoms with E-state index >= 15 is 0 Å². The molecule has 0 radical (unpaired) electrons. The molecule has 0 fully saturated rings. The molecule has 16 heavy (non-hydrogen) atoms. The summed E-state index contributed by atoms with van der Waals surface area (Å²) in [6.45, 7) is 4.36. The molecule has 0 N–H and O–H groups in total. The van der Waals surface area contributed by atoms with Gasteiger partial charge < -0.3 is 4.79 Å². The van der Waals surface area contributed by atoms with Gasteiger partial charge in [-0.05, 0) is 17.4 Å². The maximum atomic E-state index is 10.6. The fourth-order valence-electron chi connectivity index (χ4n) is 1.71. The molecule has 1 heteroatoms. The van der Waals surface area contributed by atoms with Crippen LogP contribution in [0.2, 0.25) is 0 Å². The van der Waals surface area contributed by atoms with Crippen molar-refractivity contribution < 1.29 is 4.79 Å². The molecule has 0 bridgehead atoms. The van der Waals surface area contributed by atoms with Gasteiger partial charge in [0.25, 0.3) is 0 Å². The Kier molecular flexibility index (Phi) is 5.55. The number of rotatable bonds is 6. The highest BCUT2D eigenvalue weighted by Crippen LogP contribution is 2.20. The Bertz CT molecular complexity index is 327. The van der Waals surface area contributed by atoms with E-state index in [1.807, 2.05) is 18.2 Å². The van der Waals surface area contributed by atoms with E-state index in [1.165, 1.54) is 5.56 Å². The molecule has 0 saturated heterocycles. The molecule has 0 aliphatic heterocycles. The molecule has 0 saturated carbocycles. The lowest BCUT2D eigenvalue weighted by Gasteiger charge is -2.16. The van der Waals surface area contributed by atoms with Crippen LogP contribution in [0.25, 0.3) is 6.08 Å². The van der Waals surface area contributed by atoms with Crippen molar-refractivity contribution >= 4 is 12.4 Å². The van der Waals surface area contributed by atoms with Crippen LogP contribution < -0.4 is 0 Å². The second-order valence-electron chi connectivity index (χ2n) is 4.22. The van der Waals surface area contributed by atoms with E-state index in [0.717, 1.165) is 12.7 Å². The van der Waals surface area contributed by atoms with Crippen LogP contribution in [0.15, 0.2) is 36.4 Å². The van der Waals surface area contributed by atoms with Gasteiger partial charge in [0.15, 0.2) is 0 Å². The average Bonchev–Trinajstić information content (AvgIpc) is 2.34. The number of carbonyl (C=O) groups excluding carboxylic acids is 1. The molecule has 86 valence electrons. The zero-order valence-corrected chi connectivity index (χ0v) is 10.1. The first-order chi connectivity index (χ1) is 7.77. The smallest absolute Gasteiger partial charge is 0.120 e. The number of allylic oxidation sites excluding steroid dienone is 1. The van der Waals surface area contributed by atoms with Crippen LogP contribution >= 0.6 is 0 Å². The van der Waals surface area contributed by atoms with Gasteiger partial charge in [-0.3, -0.25) is 0 Å². The maximum absolute atomic E-state index is 10.6. The zero-order valence-electron chi connectivity index (χ0n) is 10.1. The summed E-state index contributed by atoms with van der Waals surface area (Å²) in [4.78, 5) is 10.6.